The quantitative estimate of drug-likeness (QED) is 0.867. The fraction of sp³-hybridized carbons (Fsp3) is 0.417. The van der Waals surface area contributed by atoms with Crippen molar-refractivity contribution in [1.82, 2.24) is 25.1 Å². The van der Waals surface area contributed by atoms with Gasteiger partial charge in [0.1, 0.15) is 5.69 Å². The number of hydrogen-bond donors (Lipinski definition) is 1. The number of methoxy groups -OCH3 is 1. The van der Waals surface area contributed by atoms with Crippen LogP contribution < -0.4 is 10.1 Å². The van der Waals surface area contributed by atoms with Gasteiger partial charge in [0.05, 0.1) is 18.8 Å². The molecule has 0 aliphatic carbocycles. The summed E-state index contributed by atoms with van der Waals surface area (Å²) in [6.07, 6.45) is 5.25. The van der Waals surface area contributed by atoms with E-state index >= 15 is 0 Å². The number of nitrogens with zero attached hydrogens (tertiary/aromatic N) is 4. The molecule has 0 aliphatic heterocycles. The van der Waals surface area contributed by atoms with Gasteiger partial charge in [0, 0.05) is 31.2 Å². The lowest BCUT2D eigenvalue weighted by Gasteiger charge is -2.16. The molecule has 2 heterocycles. The largest absolute Gasteiger partial charge is 0.480 e. The molecule has 0 amide bonds. The van der Waals surface area contributed by atoms with Crippen LogP contribution in [0.3, 0.4) is 0 Å². The average Bonchev–Trinajstić information content (AvgIpc) is 2.70. The Bertz CT molecular complexity index is 537. The SMILES string of the molecule is CNC(c1cn(C)nc1C)c1nccnc1OC. The number of hydrogen-bond acceptors (Lipinski definition) is 5. The van der Waals surface area contributed by atoms with Gasteiger partial charge in [0.25, 0.3) is 0 Å². The van der Waals surface area contributed by atoms with Gasteiger partial charge in [-0.2, -0.15) is 5.10 Å². The summed E-state index contributed by atoms with van der Waals surface area (Å²) >= 11 is 0. The van der Waals surface area contributed by atoms with Gasteiger partial charge in [-0.05, 0) is 14.0 Å². The van der Waals surface area contributed by atoms with E-state index < -0.39 is 0 Å². The third-order valence-electron chi connectivity index (χ3n) is 2.81. The van der Waals surface area contributed by atoms with E-state index in [4.69, 9.17) is 4.74 Å². The third-order valence-corrected chi connectivity index (χ3v) is 2.81. The monoisotopic (exact) mass is 247 g/mol. The predicted octanol–water partition coefficient (Wildman–Crippen LogP) is 0.836. The summed E-state index contributed by atoms with van der Waals surface area (Å²) < 4.78 is 7.05. The summed E-state index contributed by atoms with van der Waals surface area (Å²) in [7, 11) is 5.37. The van der Waals surface area contributed by atoms with E-state index in [0.717, 1.165) is 17.0 Å². The van der Waals surface area contributed by atoms with E-state index in [9.17, 15) is 0 Å². The summed E-state index contributed by atoms with van der Waals surface area (Å²) in [4.78, 5) is 8.54. The van der Waals surface area contributed by atoms with Crippen LogP contribution in [-0.4, -0.2) is 33.9 Å². The Morgan fingerprint density at radius 1 is 1.33 bits per heavy atom. The molecule has 2 aromatic rings. The molecule has 0 spiro atoms. The molecule has 1 atom stereocenters. The van der Waals surface area contributed by atoms with Crippen LogP contribution >= 0.6 is 0 Å². The first-order valence-corrected chi connectivity index (χ1v) is 5.69. The lowest BCUT2D eigenvalue weighted by atomic mass is 10.1. The molecule has 0 radical (unpaired) electrons. The first-order valence-electron chi connectivity index (χ1n) is 5.69. The van der Waals surface area contributed by atoms with Crippen LogP contribution in [0.25, 0.3) is 0 Å². The van der Waals surface area contributed by atoms with Crippen molar-refractivity contribution in [2.75, 3.05) is 14.2 Å². The Balaban J connectivity index is 2.48. The van der Waals surface area contributed by atoms with E-state index in [-0.39, 0.29) is 6.04 Å². The molecule has 6 nitrogen and oxygen atoms in total. The van der Waals surface area contributed by atoms with Gasteiger partial charge in [0.15, 0.2) is 0 Å². The summed E-state index contributed by atoms with van der Waals surface area (Å²) in [5, 5.41) is 7.58. The lowest BCUT2D eigenvalue weighted by Crippen LogP contribution is -2.20. The molecule has 0 bridgehead atoms. The molecule has 2 aromatic heterocycles. The van der Waals surface area contributed by atoms with Crippen LogP contribution in [0.1, 0.15) is 23.0 Å². The van der Waals surface area contributed by atoms with Crippen LogP contribution in [0.4, 0.5) is 0 Å². The van der Waals surface area contributed by atoms with Crippen molar-refractivity contribution in [2.45, 2.75) is 13.0 Å². The first kappa shape index (κ1) is 12.5. The Morgan fingerprint density at radius 2 is 2.06 bits per heavy atom. The Labute approximate surface area is 106 Å². The van der Waals surface area contributed by atoms with Crippen molar-refractivity contribution >= 4 is 0 Å². The van der Waals surface area contributed by atoms with Crippen molar-refractivity contribution in [3.8, 4) is 5.88 Å². The Kier molecular flexibility index (Phi) is 3.57. The van der Waals surface area contributed by atoms with Crippen LogP contribution in [-0.2, 0) is 7.05 Å². The fourth-order valence-electron chi connectivity index (χ4n) is 2.03. The van der Waals surface area contributed by atoms with Crippen molar-refractivity contribution in [2.24, 2.45) is 7.05 Å². The summed E-state index contributed by atoms with van der Waals surface area (Å²) in [6, 6.07) is -0.0812. The fourth-order valence-corrected chi connectivity index (χ4v) is 2.03. The van der Waals surface area contributed by atoms with Gasteiger partial charge < -0.3 is 10.1 Å². The number of nitrogens with one attached hydrogen (secondary N) is 1. The number of aryl methyl sites for hydroxylation is 2. The molecule has 1 unspecified atom stereocenters. The molecule has 1 N–H and O–H groups in total. The zero-order chi connectivity index (χ0) is 13.1. The summed E-state index contributed by atoms with van der Waals surface area (Å²) in [5.41, 5.74) is 2.79. The Hall–Kier alpha value is -1.95. The van der Waals surface area contributed by atoms with Crippen molar-refractivity contribution < 1.29 is 4.74 Å². The van der Waals surface area contributed by atoms with Crippen LogP contribution in [0.2, 0.25) is 0 Å². The molecule has 0 saturated carbocycles. The molecular formula is C12H17N5O. The molecule has 2 rings (SSSR count). The topological polar surface area (TPSA) is 64.9 Å². The third kappa shape index (κ3) is 2.19. The average molecular weight is 247 g/mol. The first-order chi connectivity index (χ1) is 8.67. The van der Waals surface area contributed by atoms with Gasteiger partial charge in [-0.3, -0.25) is 9.67 Å². The Morgan fingerprint density at radius 3 is 2.61 bits per heavy atom. The highest BCUT2D eigenvalue weighted by Gasteiger charge is 2.22. The molecule has 96 valence electrons. The van der Waals surface area contributed by atoms with Crippen molar-refractivity contribution in [3.05, 3.63) is 35.5 Å². The minimum atomic E-state index is -0.0812. The van der Waals surface area contributed by atoms with E-state index in [2.05, 4.69) is 20.4 Å². The smallest absolute Gasteiger partial charge is 0.237 e. The highest BCUT2D eigenvalue weighted by atomic mass is 16.5. The number of rotatable bonds is 4. The van der Waals surface area contributed by atoms with Crippen molar-refractivity contribution in [3.63, 3.8) is 0 Å². The molecule has 6 heteroatoms. The van der Waals surface area contributed by atoms with E-state index in [1.165, 1.54) is 0 Å². The highest BCUT2D eigenvalue weighted by molar-refractivity contribution is 5.33. The number of ether oxygens (including phenoxy) is 1. The second kappa shape index (κ2) is 5.14. The van der Waals surface area contributed by atoms with Gasteiger partial charge in [-0.1, -0.05) is 0 Å². The molecule has 0 aliphatic rings. The molecule has 18 heavy (non-hydrogen) atoms. The molecular weight excluding hydrogens is 230 g/mol. The van der Waals surface area contributed by atoms with Crippen LogP contribution in [0.5, 0.6) is 5.88 Å². The molecule has 0 fully saturated rings. The van der Waals surface area contributed by atoms with E-state index in [1.807, 2.05) is 27.2 Å². The number of aromatic nitrogens is 4. The minimum Gasteiger partial charge on any atom is -0.480 e. The van der Waals surface area contributed by atoms with E-state index in [0.29, 0.717) is 5.88 Å². The zero-order valence-corrected chi connectivity index (χ0v) is 11.0. The summed E-state index contributed by atoms with van der Waals surface area (Å²) in [6.45, 7) is 1.97. The van der Waals surface area contributed by atoms with Crippen molar-refractivity contribution in [1.29, 1.82) is 0 Å². The minimum absolute atomic E-state index is 0.0812. The highest BCUT2D eigenvalue weighted by Crippen LogP contribution is 2.27. The maximum absolute atomic E-state index is 5.26. The molecule has 0 saturated heterocycles. The maximum Gasteiger partial charge on any atom is 0.237 e. The second-order valence-electron chi connectivity index (χ2n) is 4.02. The predicted molar refractivity (Wildman–Crippen MR) is 67.4 cm³/mol. The molecule has 0 aromatic carbocycles. The van der Waals surface area contributed by atoms with Gasteiger partial charge >= 0.3 is 0 Å². The van der Waals surface area contributed by atoms with Crippen LogP contribution in [0, 0.1) is 6.92 Å². The second-order valence-corrected chi connectivity index (χ2v) is 4.02. The standard InChI is InChI=1S/C12H17N5O/c1-8-9(7-17(3)16-8)10(13-2)11-12(18-4)15-6-5-14-11/h5-7,10,13H,1-4H3. The zero-order valence-electron chi connectivity index (χ0n) is 11.0. The van der Waals surface area contributed by atoms with Crippen LogP contribution in [0.15, 0.2) is 18.6 Å². The normalized spacial score (nSPS) is 12.4. The van der Waals surface area contributed by atoms with E-state index in [1.54, 1.807) is 24.2 Å². The van der Waals surface area contributed by atoms with Gasteiger partial charge in [-0.25, -0.2) is 4.98 Å². The van der Waals surface area contributed by atoms with Gasteiger partial charge in [-0.15, -0.1) is 0 Å². The lowest BCUT2D eigenvalue weighted by molar-refractivity contribution is 0.384. The van der Waals surface area contributed by atoms with Gasteiger partial charge in [0.2, 0.25) is 5.88 Å². The maximum atomic E-state index is 5.26. The summed E-state index contributed by atoms with van der Waals surface area (Å²) in [5.74, 6) is 0.528.